The molecule has 0 unspecified atom stereocenters. The number of H-pyrrole nitrogens is 1. The van der Waals surface area contributed by atoms with Crippen molar-refractivity contribution in [2.75, 3.05) is 87.7 Å². The quantitative estimate of drug-likeness (QED) is 0.114. The van der Waals surface area contributed by atoms with Crippen LogP contribution in [0.15, 0.2) is 119 Å². The third-order valence-corrected chi connectivity index (χ3v) is 12.6. The van der Waals surface area contributed by atoms with E-state index in [-0.39, 0.29) is 0 Å². The van der Waals surface area contributed by atoms with Gasteiger partial charge in [-0.05, 0) is 122 Å². The Morgan fingerprint density at radius 1 is 0.600 bits per heavy atom. The molecule has 13 nitrogen and oxygen atoms in total. The monoisotopic (exact) mass is 901 g/mol. The maximum Gasteiger partial charge on any atom is 0.270 e. The number of nitrogens with zero attached hydrogens (tertiary/aromatic N) is 10. The Kier molecular flexibility index (Phi) is 12.8. The SMILES string of the molecule is CN1CCN(c2ccc3c(c2)CC(c2ccc4c(c2)CC(c2cc(Cl)ccn2)=N4)=N3)CC1.CN1CCN(c2ccc3nc(-c4ccc(N)c(N)c4)[nH]c3c2)CC1.[C-]#[N+]c1cc(Cl)ccn1. The van der Waals surface area contributed by atoms with Crippen LogP contribution in [0.1, 0.15) is 22.4 Å². The fourth-order valence-corrected chi connectivity index (χ4v) is 8.59. The summed E-state index contributed by atoms with van der Waals surface area (Å²) in [6.07, 6.45) is 4.88. The molecule has 3 aromatic heterocycles. The third kappa shape index (κ3) is 10.1. The number of nitrogen functional groups attached to an aromatic ring is 2. The van der Waals surface area contributed by atoms with Crippen LogP contribution < -0.4 is 21.3 Å². The standard InChI is InChI=1S/C26H24ClN5.C18H22N6.C6H3ClN2/c1-31-8-10-32(11-9-31)21-3-5-23-19(13-21)14-24(29-23)17-2-4-22-18(12-17)15-26(30-22)25-16-20(27)6-7-28-25;1-23-6-8-24(9-7-23)13-3-5-16-17(11-13)22-18(21-16)12-2-4-14(19)15(20)10-12;1-8-6-4-5(7)2-3-9-6/h2-7,12-13,16H,8-11,14-15H2,1H3;2-5,10-11H,6-9,19-20H2,1H3,(H,21,22);2-4H. The van der Waals surface area contributed by atoms with Crippen LogP contribution in [0.25, 0.3) is 27.3 Å². The topological polar surface area (TPSA) is 149 Å². The summed E-state index contributed by atoms with van der Waals surface area (Å²) in [5.41, 5.74) is 27.1. The molecule has 5 N–H and O–H groups in total. The Balaban J connectivity index is 0.000000142. The average Bonchev–Trinajstić information content (AvgIpc) is 4.07. The zero-order valence-corrected chi connectivity index (χ0v) is 37.9. The molecule has 15 heteroatoms. The predicted octanol–water partition coefficient (Wildman–Crippen LogP) is 9.27. The minimum Gasteiger partial charge on any atom is -0.397 e. The number of aromatic amines is 1. The first-order valence-corrected chi connectivity index (χ1v) is 22.4. The van der Waals surface area contributed by atoms with Gasteiger partial charge in [0.05, 0.1) is 50.9 Å². The second kappa shape index (κ2) is 19.1. The fourth-order valence-electron chi connectivity index (χ4n) is 8.28. The van der Waals surface area contributed by atoms with Gasteiger partial charge in [-0.25, -0.2) is 4.98 Å². The van der Waals surface area contributed by atoms with Crippen LogP contribution in [-0.4, -0.2) is 108 Å². The van der Waals surface area contributed by atoms with E-state index in [0.29, 0.717) is 27.2 Å². The number of fused-ring (bicyclic) bond motifs is 3. The molecule has 4 aromatic carbocycles. The number of likely N-dealkylation sites (N-methyl/N-ethyl adjacent to an activating group) is 2. The van der Waals surface area contributed by atoms with E-state index in [1.165, 1.54) is 40.3 Å². The van der Waals surface area contributed by atoms with Crippen LogP contribution in [0.5, 0.6) is 0 Å². The first-order valence-electron chi connectivity index (χ1n) is 21.6. The van der Waals surface area contributed by atoms with E-state index in [1.807, 2.05) is 24.3 Å². The molecule has 0 atom stereocenters. The molecule has 4 aliphatic heterocycles. The highest BCUT2D eigenvalue weighted by atomic mass is 35.5. The van der Waals surface area contributed by atoms with Crippen molar-refractivity contribution in [2.24, 2.45) is 9.98 Å². The molecule has 0 saturated carbocycles. The summed E-state index contributed by atoms with van der Waals surface area (Å²) < 4.78 is 0. The number of rotatable bonds is 5. The Labute approximate surface area is 388 Å². The summed E-state index contributed by atoms with van der Waals surface area (Å²) in [7, 11) is 4.36. The number of anilines is 4. The number of benzene rings is 4. The van der Waals surface area contributed by atoms with Crippen molar-refractivity contribution >= 4 is 85.6 Å². The summed E-state index contributed by atoms with van der Waals surface area (Å²) in [5, 5.41) is 1.24. The van der Waals surface area contributed by atoms with Crippen LogP contribution in [0.2, 0.25) is 10.0 Å². The number of hydrogen-bond acceptors (Lipinski definition) is 11. The van der Waals surface area contributed by atoms with E-state index in [9.17, 15) is 0 Å². The number of aliphatic imine (C=N–C) groups is 2. The largest absolute Gasteiger partial charge is 0.397 e. The van der Waals surface area contributed by atoms with Crippen molar-refractivity contribution in [3.63, 3.8) is 0 Å². The van der Waals surface area contributed by atoms with E-state index in [2.05, 4.69) is 113 Å². The second-order valence-corrected chi connectivity index (χ2v) is 17.5. The van der Waals surface area contributed by atoms with Gasteiger partial charge in [-0.3, -0.25) is 15.0 Å². The molecule has 2 saturated heterocycles. The van der Waals surface area contributed by atoms with Gasteiger partial charge >= 0.3 is 0 Å². The molecular weight excluding hydrogens is 854 g/mol. The van der Waals surface area contributed by atoms with Crippen LogP contribution in [-0.2, 0) is 12.8 Å². The number of pyridine rings is 2. The van der Waals surface area contributed by atoms with Crippen molar-refractivity contribution in [3.8, 4) is 11.4 Å². The first-order chi connectivity index (χ1) is 31.5. The van der Waals surface area contributed by atoms with Crippen LogP contribution in [0.3, 0.4) is 0 Å². The zero-order chi connectivity index (χ0) is 45.0. The molecule has 4 aliphatic rings. The molecule has 0 radical (unpaired) electrons. The summed E-state index contributed by atoms with van der Waals surface area (Å²) in [5.74, 6) is 1.15. The molecule has 0 amide bonds. The lowest BCUT2D eigenvalue weighted by atomic mass is 9.99. The molecule has 11 rings (SSSR count). The minimum atomic E-state index is 0.336. The van der Waals surface area contributed by atoms with Gasteiger partial charge in [-0.15, -0.1) is 4.98 Å². The third-order valence-electron chi connectivity index (χ3n) is 12.1. The van der Waals surface area contributed by atoms with Crippen LogP contribution in [0.4, 0.5) is 39.9 Å². The van der Waals surface area contributed by atoms with Gasteiger partial charge < -0.3 is 40.9 Å². The number of nitrogens with two attached hydrogens (primary N) is 2. The molecule has 328 valence electrons. The maximum atomic E-state index is 6.54. The molecule has 0 spiro atoms. The van der Waals surface area contributed by atoms with E-state index in [4.69, 9.17) is 51.2 Å². The van der Waals surface area contributed by atoms with Crippen molar-refractivity contribution in [1.82, 2.24) is 29.7 Å². The van der Waals surface area contributed by atoms with E-state index in [0.717, 1.165) is 116 Å². The Morgan fingerprint density at radius 3 is 1.86 bits per heavy atom. The second-order valence-electron chi connectivity index (χ2n) is 16.6. The zero-order valence-electron chi connectivity index (χ0n) is 36.3. The molecule has 2 fully saturated rings. The van der Waals surface area contributed by atoms with E-state index in [1.54, 1.807) is 18.3 Å². The van der Waals surface area contributed by atoms with Gasteiger partial charge in [0.15, 0.2) is 0 Å². The molecule has 7 heterocycles. The molecule has 0 aliphatic carbocycles. The van der Waals surface area contributed by atoms with Gasteiger partial charge in [0.25, 0.3) is 5.82 Å². The van der Waals surface area contributed by atoms with Crippen molar-refractivity contribution < 1.29 is 0 Å². The fraction of sp³-hybridized carbons (Fsp3) is 0.240. The highest BCUT2D eigenvalue weighted by molar-refractivity contribution is 6.31. The number of imidazole rings is 1. The van der Waals surface area contributed by atoms with Gasteiger partial charge in [0.2, 0.25) is 0 Å². The van der Waals surface area contributed by atoms with Gasteiger partial charge in [0, 0.05) is 98.4 Å². The summed E-state index contributed by atoms with van der Waals surface area (Å²) in [6, 6.07) is 32.0. The van der Waals surface area contributed by atoms with Crippen molar-refractivity contribution in [3.05, 3.63) is 153 Å². The van der Waals surface area contributed by atoms with Gasteiger partial charge in [-0.1, -0.05) is 35.8 Å². The average molecular weight is 903 g/mol. The summed E-state index contributed by atoms with van der Waals surface area (Å²) in [6.45, 7) is 15.2. The van der Waals surface area contributed by atoms with Crippen molar-refractivity contribution in [1.29, 1.82) is 0 Å². The van der Waals surface area contributed by atoms with Crippen molar-refractivity contribution in [2.45, 2.75) is 12.8 Å². The highest BCUT2D eigenvalue weighted by Crippen LogP contribution is 2.36. The number of aromatic nitrogens is 4. The number of piperazine rings is 2. The number of hydrogen-bond donors (Lipinski definition) is 3. The smallest absolute Gasteiger partial charge is 0.270 e. The summed E-state index contributed by atoms with van der Waals surface area (Å²) >= 11 is 11.7. The van der Waals surface area contributed by atoms with Crippen LogP contribution in [0, 0.1) is 6.57 Å². The Hall–Kier alpha value is -6.82. The maximum absolute atomic E-state index is 6.54. The number of nitrogens with one attached hydrogen (secondary N) is 1. The molecule has 65 heavy (non-hydrogen) atoms. The lowest BCUT2D eigenvalue weighted by Crippen LogP contribution is -2.44. The Bertz CT molecular complexity index is 2970. The summed E-state index contributed by atoms with van der Waals surface area (Å²) in [4.78, 5) is 38.7. The molecule has 0 bridgehead atoms. The lowest BCUT2D eigenvalue weighted by molar-refractivity contribution is 0.313. The number of halogens is 2. The minimum absolute atomic E-state index is 0.336. The van der Waals surface area contributed by atoms with E-state index >= 15 is 0 Å². The first kappa shape index (κ1) is 43.4. The predicted molar refractivity (Wildman–Crippen MR) is 267 cm³/mol. The molecule has 7 aromatic rings. The lowest BCUT2D eigenvalue weighted by Gasteiger charge is -2.34. The van der Waals surface area contributed by atoms with Crippen LogP contribution >= 0.6 is 23.2 Å². The van der Waals surface area contributed by atoms with E-state index < -0.39 is 0 Å². The molecular formula is C50H49Cl2N13. The highest BCUT2D eigenvalue weighted by Gasteiger charge is 2.23. The Morgan fingerprint density at radius 2 is 1.20 bits per heavy atom. The normalized spacial score (nSPS) is 15.8. The van der Waals surface area contributed by atoms with Gasteiger partial charge in [0.1, 0.15) is 12.0 Å². The van der Waals surface area contributed by atoms with Gasteiger partial charge in [-0.2, -0.15) is 0 Å².